The van der Waals surface area contributed by atoms with Gasteiger partial charge in [0.25, 0.3) is 5.91 Å². The molecule has 7 heteroatoms. The summed E-state index contributed by atoms with van der Waals surface area (Å²) in [6, 6.07) is 6.46. The van der Waals surface area contributed by atoms with Gasteiger partial charge in [-0.05, 0) is 39.3 Å². The van der Waals surface area contributed by atoms with E-state index in [0.29, 0.717) is 24.3 Å². The largest absolute Gasteiger partial charge is 0.381 e. The number of benzene rings is 1. The third-order valence-corrected chi connectivity index (χ3v) is 4.24. The van der Waals surface area contributed by atoms with E-state index in [1.54, 1.807) is 15.6 Å². The first-order chi connectivity index (χ1) is 11.9. The van der Waals surface area contributed by atoms with Crippen LogP contribution in [0.4, 0.5) is 21.6 Å². The van der Waals surface area contributed by atoms with Gasteiger partial charge in [0.15, 0.2) is 0 Å². The molecular formula is C18H24FN5O. The van der Waals surface area contributed by atoms with Crippen LogP contribution in [0.3, 0.4) is 0 Å². The summed E-state index contributed by atoms with van der Waals surface area (Å²) in [5, 5.41) is 10.6. The predicted molar refractivity (Wildman–Crippen MR) is 97.5 cm³/mol. The van der Waals surface area contributed by atoms with Crippen molar-refractivity contribution in [2.24, 2.45) is 7.05 Å². The molecule has 1 saturated heterocycles. The van der Waals surface area contributed by atoms with Crippen LogP contribution in [0.2, 0.25) is 0 Å². The van der Waals surface area contributed by atoms with E-state index in [0.717, 1.165) is 11.5 Å². The van der Waals surface area contributed by atoms with Gasteiger partial charge in [-0.2, -0.15) is 5.10 Å². The fraction of sp³-hybridized carbons (Fsp3) is 0.444. The number of anilines is 3. The van der Waals surface area contributed by atoms with E-state index in [4.69, 9.17) is 0 Å². The fourth-order valence-electron chi connectivity index (χ4n) is 3.17. The Morgan fingerprint density at radius 2 is 2.12 bits per heavy atom. The Bertz CT molecular complexity index is 786. The zero-order chi connectivity index (χ0) is 18.1. The molecule has 1 atom stereocenters. The highest BCUT2D eigenvalue weighted by molar-refractivity contribution is 6.00. The van der Waals surface area contributed by atoms with Crippen molar-refractivity contribution in [3.8, 4) is 0 Å². The smallest absolute Gasteiger partial charge is 0.250 e. The zero-order valence-electron chi connectivity index (χ0n) is 15.0. The molecule has 0 saturated carbocycles. The number of hydrogen-bond donors (Lipinski definition) is 2. The van der Waals surface area contributed by atoms with E-state index in [9.17, 15) is 9.18 Å². The molecule has 0 spiro atoms. The van der Waals surface area contributed by atoms with Crippen LogP contribution in [0, 0.1) is 12.7 Å². The van der Waals surface area contributed by atoms with Crippen molar-refractivity contribution in [3.05, 3.63) is 35.8 Å². The molecule has 134 valence electrons. The van der Waals surface area contributed by atoms with Crippen LogP contribution in [0.15, 0.2) is 24.3 Å². The number of hydrogen-bond acceptors (Lipinski definition) is 4. The molecule has 25 heavy (non-hydrogen) atoms. The predicted octanol–water partition coefficient (Wildman–Crippen LogP) is 2.91. The number of aryl methyl sites for hydroxylation is 2. The first-order valence-corrected chi connectivity index (χ1v) is 8.50. The monoisotopic (exact) mass is 345 g/mol. The second-order valence-electron chi connectivity index (χ2n) is 6.70. The maximum Gasteiger partial charge on any atom is 0.250 e. The summed E-state index contributed by atoms with van der Waals surface area (Å²) in [7, 11) is 1.82. The van der Waals surface area contributed by atoms with E-state index < -0.39 is 6.04 Å². The van der Waals surface area contributed by atoms with E-state index in [-0.39, 0.29) is 17.8 Å². The average molecular weight is 345 g/mol. The van der Waals surface area contributed by atoms with Crippen molar-refractivity contribution >= 4 is 23.1 Å². The van der Waals surface area contributed by atoms with Crippen LogP contribution in [0.1, 0.15) is 26.0 Å². The lowest BCUT2D eigenvalue weighted by atomic mass is 10.2. The van der Waals surface area contributed by atoms with Gasteiger partial charge in [0.2, 0.25) is 0 Å². The van der Waals surface area contributed by atoms with Gasteiger partial charge in [-0.3, -0.25) is 14.4 Å². The summed E-state index contributed by atoms with van der Waals surface area (Å²) >= 11 is 0. The number of nitrogens with zero attached hydrogens (tertiary/aromatic N) is 3. The summed E-state index contributed by atoms with van der Waals surface area (Å²) < 4.78 is 16.0. The molecule has 0 bridgehead atoms. The Morgan fingerprint density at radius 1 is 1.36 bits per heavy atom. The maximum absolute atomic E-state index is 14.3. The lowest BCUT2D eigenvalue weighted by Crippen LogP contribution is -2.34. The van der Waals surface area contributed by atoms with Crippen molar-refractivity contribution in [2.75, 3.05) is 22.1 Å². The number of carbonyl (C=O) groups excluding carboxylic acids is 1. The Kier molecular flexibility index (Phi) is 4.65. The van der Waals surface area contributed by atoms with Crippen LogP contribution in [-0.4, -0.2) is 34.3 Å². The number of halogens is 1. The van der Waals surface area contributed by atoms with Crippen LogP contribution < -0.4 is 15.5 Å². The molecule has 1 aromatic carbocycles. The van der Waals surface area contributed by atoms with Gasteiger partial charge >= 0.3 is 0 Å². The minimum atomic E-state index is -0.459. The van der Waals surface area contributed by atoms with Gasteiger partial charge in [0.05, 0.1) is 17.1 Å². The van der Waals surface area contributed by atoms with Crippen molar-refractivity contribution in [1.82, 2.24) is 9.78 Å². The third-order valence-electron chi connectivity index (χ3n) is 4.24. The molecule has 2 N–H and O–H groups in total. The summed E-state index contributed by atoms with van der Waals surface area (Å²) in [5.74, 6) is 0.330. The van der Waals surface area contributed by atoms with Gasteiger partial charge in [0, 0.05) is 25.7 Å². The highest BCUT2D eigenvalue weighted by atomic mass is 19.1. The van der Waals surface area contributed by atoms with Crippen LogP contribution >= 0.6 is 0 Å². The standard InChI is InChI=1S/C18H24FN5O/c1-11(2)20-14-7-5-6-13(19)17(14)21-15-8-9-24(18(15)25)16-10-12(3)22-23(16)4/h5-7,10-11,15,20-21H,8-9H2,1-4H3/t15-/m0/s1. The summed E-state index contributed by atoms with van der Waals surface area (Å²) in [6.45, 7) is 6.45. The second-order valence-corrected chi connectivity index (χ2v) is 6.70. The Morgan fingerprint density at radius 3 is 2.76 bits per heavy atom. The van der Waals surface area contributed by atoms with Gasteiger partial charge in [-0.15, -0.1) is 0 Å². The zero-order valence-corrected chi connectivity index (χ0v) is 15.0. The number of carbonyl (C=O) groups is 1. The minimum absolute atomic E-state index is 0.0678. The van der Waals surface area contributed by atoms with Gasteiger partial charge in [-0.1, -0.05) is 6.07 Å². The van der Waals surface area contributed by atoms with Gasteiger partial charge < -0.3 is 10.6 Å². The van der Waals surface area contributed by atoms with E-state index >= 15 is 0 Å². The molecule has 6 nitrogen and oxygen atoms in total. The number of aromatic nitrogens is 2. The molecule has 1 aromatic heterocycles. The molecule has 1 fully saturated rings. The average Bonchev–Trinajstić information content (AvgIpc) is 3.04. The summed E-state index contributed by atoms with van der Waals surface area (Å²) in [5.41, 5.74) is 1.87. The topological polar surface area (TPSA) is 62.2 Å². The van der Waals surface area contributed by atoms with Crippen molar-refractivity contribution in [3.63, 3.8) is 0 Å². The second kappa shape index (κ2) is 6.74. The van der Waals surface area contributed by atoms with E-state index in [1.165, 1.54) is 6.07 Å². The highest BCUT2D eigenvalue weighted by Gasteiger charge is 2.34. The van der Waals surface area contributed by atoms with Crippen molar-refractivity contribution < 1.29 is 9.18 Å². The van der Waals surface area contributed by atoms with Crippen LogP contribution in [0.25, 0.3) is 0 Å². The molecule has 0 unspecified atom stereocenters. The molecule has 3 rings (SSSR count). The fourth-order valence-corrected chi connectivity index (χ4v) is 3.17. The normalized spacial score (nSPS) is 17.4. The molecule has 1 aliphatic rings. The number of amides is 1. The lowest BCUT2D eigenvalue weighted by molar-refractivity contribution is -0.117. The van der Waals surface area contributed by atoms with E-state index in [2.05, 4.69) is 15.7 Å². The Balaban J connectivity index is 1.81. The molecule has 0 radical (unpaired) electrons. The maximum atomic E-state index is 14.3. The van der Waals surface area contributed by atoms with Crippen LogP contribution in [-0.2, 0) is 11.8 Å². The molecular weight excluding hydrogens is 321 g/mol. The summed E-state index contributed by atoms with van der Waals surface area (Å²) in [6.07, 6.45) is 0.610. The third kappa shape index (κ3) is 3.45. The SMILES string of the molecule is Cc1cc(N2CC[C@H](Nc3c(F)cccc3NC(C)C)C2=O)n(C)n1. The van der Waals surface area contributed by atoms with Crippen molar-refractivity contribution in [2.45, 2.75) is 39.3 Å². The molecule has 1 aliphatic heterocycles. The highest BCUT2D eigenvalue weighted by Crippen LogP contribution is 2.30. The van der Waals surface area contributed by atoms with Gasteiger partial charge in [0.1, 0.15) is 17.7 Å². The number of nitrogens with one attached hydrogen (secondary N) is 2. The minimum Gasteiger partial charge on any atom is -0.381 e. The Hall–Kier alpha value is -2.57. The van der Waals surface area contributed by atoms with Crippen molar-refractivity contribution in [1.29, 1.82) is 0 Å². The molecule has 1 amide bonds. The first-order valence-electron chi connectivity index (χ1n) is 8.50. The quantitative estimate of drug-likeness (QED) is 0.875. The molecule has 2 heterocycles. The lowest BCUT2D eigenvalue weighted by Gasteiger charge is -2.20. The molecule has 2 aromatic rings. The number of para-hydroxylation sites is 1. The van der Waals surface area contributed by atoms with Crippen LogP contribution in [0.5, 0.6) is 0 Å². The Labute approximate surface area is 147 Å². The first kappa shape index (κ1) is 17.3. The van der Waals surface area contributed by atoms with Gasteiger partial charge in [-0.25, -0.2) is 4.39 Å². The molecule has 0 aliphatic carbocycles. The van der Waals surface area contributed by atoms with E-state index in [1.807, 2.05) is 40.0 Å². The number of rotatable bonds is 5. The summed E-state index contributed by atoms with van der Waals surface area (Å²) in [4.78, 5) is 14.5.